The Morgan fingerprint density at radius 3 is 2.64 bits per heavy atom. The molecule has 14 heavy (non-hydrogen) atoms. The zero-order chi connectivity index (χ0) is 10.7. The van der Waals surface area contributed by atoms with Gasteiger partial charge in [0.05, 0.1) is 24.3 Å². The minimum atomic E-state index is -0.482. The molecule has 72 valence electrons. The number of methoxy groups -OCH3 is 1. The molecule has 4 heteroatoms. The summed E-state index contributed by atoms with van der Waals surface area (Å²) in [4.78, 5) is 11.3. The molecule has 1 rings (SSSR count). The number of ether oxygens (including phenoxy) is 1. The maximum Gasteiger partial charge on any atom is 0.340 e. The van der Waals surface area contributed by atoms with Gasteiger partial charge in [0.2, 0.25) is 0 Å². The average Bonchev–Trinajstić information content (AvgIpc) is 2.16. The maximum atomic E-state index is 11.3. The Kier molecular flexibility index (Phi) is 2.73. The Bertz CT molecular complexity index is 396. The zero-order valence-corrected chi connectivity index (χ0v) is 8.00. The summed E-state index contributed by atoms with van der Waals surface area (Å²) in [6.07, 6.45) is 0. The van der Waals surface area contributed by atoms with Crippen molar-refractivity contribution in [3.8, 4) is 6.07 Å². The van der Waals surface area contributed by atoms with E-state index in [1.165, 1.54) is 13.2 Å². The first-order chi connectivity index (χ1) is 6.60. The first-order valence-corrected chi connectivity index (χ1v) is 3.98. The van der Waals surface area contributed by atoms with Gasteiger partial charge in [0.15, 0.2) is 0 Å². The molecule has 0 unspecified atom stereocenters. The highest BCUT2D eigenvalue weighted by atomic mass is 16.5. The van der Waals surface area contributed by atoms with E-state index in [1.807, 2.05) is 6.07 Å². The van der Waals surface area contributed by atoms with Gasteiger partial charge in [-0.3, -0.25) is 0 Å². The van der Waals surface area contributed by atoms with E-state index in [4.69, 9.17) is 11.0 Å². The first-order valence-electron chi connectivity index (χ1n) is 3.98. The predicted molar refractivity (Wildman–Crippen MR) is 51.6 cm³/mol. The van der Waals surface area contributed by atoms with Gasteiger partial charge in [-0.1, -0.05) is 0 Å². The lowest BCUT2D eigenvalue weighted by atomic mass is 10.0. The molecule has 1 aromatic carbocycles. The molecular weight excluding hydrogens is 180 g/mol. The van der Waals surface area contributed by atoms with Crippen molar-refractivity contribution in [2.45, 2.75) is 6.92 Å². The summed E-state index contributed by atoms with van der Waals surface area (Å²) in [5.74, 6) is -0.482. The lowest BCUT2D eigenvalue weighted by Gasteiger charge is -2.07. The number of rotatable bonds is 1. The van der Waals surface area contributed by atoms with Gasteiger partial charge in [0.25, 0.3) is 0 Å². The van der Waals surface area contributed by atoms with Gasteiger partial charge >= 0.3 is 5.97 Å². The van der Waals surface area contributed by atoms with Crippen LogP contribution < -0.4 is 5.73 Å². The second-order valence-electron chi connectivity index (χ2n) is 2.86. The van der Waals surface area contributed by atoms with Crippen LogP contribution in [-0.2, 0) is 4.74 Å². The molecule has 0 heterocycles. The third kappa shape index (κ3) is 1.67. The fourth-order valence-corrected chi connectivity index (χ4v) is 1.26. The number of nitrogens with two attached hydrogens (primary N) is 1. The molecular formula is C10H10N2O2. The van der Waals surface area contributed by atoms with Gasteiger partial charge in [-0.2, -0.15) is 5.26 Å². The highest BCUT2D eigenvalue weighted by Crippen LogP contribution is 2.19. The third-order valence-corrected chi connectivity index (χ3v) is 1.88. The van der Waals surface area contributed by atoms with Crippen LogP contribution in [0.2, 0.25) is 0 Å². The largest absolute Gasteiger partial charge is 0.465 e. The Hall–Kier alpha value is -2.02. The monoisotopic (exact) mass is 190 g/mol. The second-order valence-corrected chi connectivity index (χ2v) is 2.86. The van der Waals surface area contributed by atoms with Crippen LogP contribution in [0.15, 0.2) is 12.1 Å². The third-order valence-electron chi connectivity index (χ3n) is 1.88. The Labute approximate surface area is 81.9 Å². The zero-order valence-electron chi connectivity index (χ0n) is 8.00. The van der Waals surface area contributed by atoms with E-state index in [2.05, 4.69) is 4.74 Å². The van der Waals surface area contributed by atoms with E-state index in [0.29, 0.717) is 16.7 Å². The van der Waals surface area contributed by atoms with E-state index >= 15 is 0 Å². The minimum absolute atomic E-state index is 0.272. The van der Waals surface area contributed by atoms with Crippen molar-refractivity contribution in [2.24, 2.45) is 0 Å². The molecule has 0 fully saturated rings. The van der Waals surface area contributed by atoms with Gasteiger partial charge in [0, 0.05) is 5.69 Å². The SMILES string of the molecule is COC(=O)c1c(C)cc(C#N)cc1N. The molecule has 0 aromatic heterocycles. The van der Waals surface area contributed by atoms with Gasteiger partial charge in [0.1, 0.15) is 0 Å². The second kappa shape index (κ2) is 3.79. The maximum absolute atomic E-state index is 11.3. The van der Waals surface area contributed by atoms with Crippen molar-refractivity contribution in [1.29, 1.82) is 5.26 Å². The van der Waals surface area contributed by atoms with Crippen LogP contribution in [0.3, 0.4) is 0 Å². The minimum Gasteiger partial charge on any atom is -0.465 e. The number of aryl methyl sites for hydroxylation is 1. The van der Waals surface area contributed by atoms with Crippen LogP contribution in [0.4, 0.5) is 5.69 Å². The summed E-state index contributed by atoms with van der Waals surface area (Å²) in [6, 6.07) is 5.02. The molecule has 0 spiro atoms. The van der Waals surface area contributed by atoms with Gasteiger partial charge in [-0.05, 0) is 24.6 Å². The Morgan fingerprint density at radius 1 is 1.57 bits per heavy atom. The quantitative estimate of drug-likeness (QED) is 0.533. The lowest BCUT2D eigenvalue weighted by Crippen LogP contribution is -2.08. The molecule has 1 aromatic rings. The fraction of sp³-hybridized carbons (Fsp3) is 0.200. The number of carbonyl (C=O) groups is 1. The molecule has 0 aliphatic heterocycles. The summed E-state index contributed by atoms with van der Waals surface area (Å²) < 4.78 is 4.57. The number of nitriles is 1. The molecule has 0 saturated carbocycles. The van der Waals surface area contributed by atoms with Crippen molar-refractivity contribution < 1.29 is 9.53 Å². The molecule has 0 saturated heterocycles. The van der Waals surface area contributed by atoms with Crippen LogP contribution in [0, 0.1) is 18.3 Å². The summed E-state index contributed by atoms with van der Waals surface area (Å²) in [5, 5.41) is 8.65. The Morgan fingerprint density at radius 2 is 2.21 bits per heavy atom. The molecule has 0 aliphatic carbocycles. The normalized spacial score (nSPS) is 9.21. The van der Waals surface area contributed by atoms with Gasteiger partial charge in [-0.25, -0.2) is 4.79 Å². The van der Waals surface area contributed by atoms with E-state index in [9.17, 15) is 4.79 Å². The van der Waals surface area contributed by atoms with E-state index in [1.54, 1.807) is 13.0 Å². The standard InChI is InChI=1S/C10H10N2O2/c1-6-3-7(5-11)4-8(12)9(6)10(13)14-2/h3-4H,12H2,1-2H3. The van der Waals surface area contributed by atoms with Crippen LogP contribution >= 0.6 is 0 Å². The van der Waals surface area contributed by atoms with Crippen molar-refractivity contribution in [2.75, 3.05) is 12.8 Å². The van der Waals surface area contributed by atoms with Crippen molar-refractivity contribution >= 4 is 11.7 Å². The topological polar surface area (TPSA) is 76.1 Å². The number of nitrogen functional groups attached to an aromatic ring is 1. The molecule has 0 bridgehead atoms. The van der Waals surface area contributed by atoms with Crippen LogP contribution in [0.25, 0.3) is 0 Å². The number of hydrogen-bond acceptors (Lipinski definition) is 4. The van der Waals surface area contributed by atoms with E-state index in [-0.39, 0.29) is 5.69 Å². The van der Waals surface area contributed by atoms with Gasteiger partial charge < -0.3 is 10.5 Å². The molecule has 0 amide bonds. The van der Waals surface area contributed by atoms with Crippen LogP contribution in [0.5, 0.6) is 0 Å². The van der Waals surface area contributed by atoms with E-state index < -0.39 is 5.97 Å². The number of benzene rings is 1. The first kappa shape index (κ1) is 10.1. The number of nitrogens with zero attached hydrogens (tertiary/aromatic N) is 1. The number of hydrogen-bond donors (Lipinski definition) is 1. The summed E-state index contributed by atoms with van der Waals surface area (Å²) in [7, 11) is 1.29. The van der Waals surface area contributed by atoms with Crippen LogP contribution in [-0.4, -0.2) is 13.1 Å². The highest BCUT2D eigenvalue weighted by molar-refractivity contribution is 5.96. The average molecular weight is 190 g/mol. The van der Waals surface area contributed by atoms with Crippen LogP contribution in [0.1, 0.15) is 21.5 Å². The molecule has 0 aliphatic rings. The predicted octanol–water partition coefficient (Wildman–Crippen LogP) is 1.24. The molecule has 2 N–H and O–H groups in total. The summed E-state index contributed by atoms with van der Waals surface area (Å²) in [6.45, 7) is 1.71. The number of carbonyl (C=O) groups excluding carboxylic acids is 1. The molecule has 0 radical (unpaired) electrons. The molecule has 0 atom stereocenters. The van der Waals surface area contributed by atoms with Crippen molar-refractivity contribution in [3.05, 3.63) is 28.8 Å². The molecule has 4 nitrogen and oxygen atoms in total. The number of esters is 1. The van der Waals surface area contributed by atoms with Crippen molar-refractivity contribution in [3.63, 3.8) is 0 Å². The fourth-order valence-electron chi connectivity index (χ4n) is 1.26. The summed E-state index contributed by atoms with van der Waals surface area (Å²) in [5.41, 5.74) is 7.30. The highest BCUT2D eigenvalue weighted by Gasteiger charge is 2.13. The van der Waals surface area contributed by atoms with Crippen molar-refractivity contribution in [1.82, 2.24) is 0 Å². The number of anilines is 1. The smallest absolute Gasteiger partial charge is 0.340 e. The summed E-state index contributed by atoms with van der Waals surface area (Å²) >= 11 is 0. The Balaban J connectivity index is 3.34. The van der Waals surface area contributed by atoms with Gasteiger partial charge in [-0.15, -0.1) is 0 Å². The van der Waals surface area contributed by atoms with E-state index in [0.717, 1.165) is 0 Å². The lowest BCUT2D eigenvalue weighted by molar-refractivity contribution is 0.0601.